The van der Waals surface area contributed by atoms with Gasteiger partial charge >= 0.3 is 0 Å². The van der Waals surface area contributed by atoms with Crippen molar-refractivity contribution in [1.29, 1.82) is 0 Å². The number of thiocarbonyl (C=S) groups is 1. The van der Waals surface area contributed by atoms with E-state index in [1.807, 2.05) is 6.92 Å². The zero-order valence-corrected chi connectivity index (χ0v) is 10.3. The summed E-state index contributed by atoms with van der Waals surface area (Å²) < 4.78 is 0. The van der Waals surface area contributed by atoms with Gasteiger partial charge in [0.1, 0.15) is 0 Å². The molecule has 1 fully saturated rings. The lowest BCUT2D eigenvalue weighted by Gasteiger charge is -2.31. The molecule has 2 atom stereocenters. The molecule has 0 amide bonds. The summed E-state index contributed by atoms with van der Waals surface area (Å²) in [6, 6.07) is 0. The Bertz CT molecular complexity index is 370. The second-order valence-corrected chi connectivity index (χ2v) is 4.92. The van der Waals surface area contributed by atoms with Crippen molar-refractivity contribution in [1.82, 2.24) is 10.7 Å². The Morgan fingerprint density at radius 2 is 2.50 bits per heavy atom. The van der Waals surface area contributed by atoms with Gasteiger partial charge in [0.05, 0.1) is 0 Å². The van der Waals surface area contributed by atoms with Crippen LogP contribution in [-0.2, 0) is 0 Å². The lowest BCUT2D eigenvalue weighted by Crippen LogP contribution is -2.38. The molecular formula is C12H17N3S. The van der Waals surface area contributed by atoms with Crippen molar-refractivity contribution in [3.8, 4) is 0 Å². The van der Waals surface area contributed by atoms with E-state index in [0.717, 1.165) is 17.9 Å². The molecule has 0 aromatic heterocycles. The zero-order valence-electron chi connectivity index (χ0n) is 9.49. The molecule has 4 heteroatoms. The number of hydrogen-bond acceptors (Lipinski definition) is 2. The molecule has 0 saturated heterocycles. The number of hydrogen-bond donors (Lipinski definition) is 2. The SMILES string of the molecule is C=C(C)CNC(=S)N/N=C1\CC2CC=CC12. The van der Waals surface area contributed by atoms with Crippen molar-refractivity contribution in [3.63, 3.8) is 0 Å². The molecule has 0 spiro atoms. The summed E-state index contributed by atoms with van der Waals surface area (Å²) in [6.45, 7) is 6.46. The molecule has 2 N–H and O–H groups in total. The predicted octanol–water partition coefficient (Wildman–Crippen LogP) is 1.98. The number of allylic oxidation sites excluding steroid dienone is 2. The summed E-state index contributed by atoms with van der Waals surface area (Å²) in [4.78, 5) is 0. The summed E-state index contributed by atoms with van der Waals surface area (Å²) in [5.41, 5.74) is 5.16. The van der Waals surface area contributed by atoms with Crippen LogP contribution >= 0.6 is 12.2 Å². The van der Waals surface area contributed by atoms with Gasteiger partial charge in [-0.3, -0.25) is 5.43 Å². The van der Waals surface area contributed by atoms with Crippen molar-refractivity contribution in [3.05, 3.63) is 24.3 Å². The Morgan fingerprint density at radius 3 is 3.19 bits per heavy atom. The standard InChI is InChI=1S/C12H17N3S/c1-8(2)7-13-12(16)15-14-11-6-9-4-3-5-10(9)11/h3,5,9-10H,1,4,6-7H2,2H3,(H2,13,15,16)/b14-11+. The quantitative estimate of drug-likeness (QED) is 0.446. The van der Waals surface area contributed by atoms with Crippen molar-refractivity contribution in [2.45, 2.75) is 19.8 Å². The second kappa shape index (κ2) is 4.78. The predicted molar refractivity (Wildman–Crippen MR) is 71.3 cm³/mol. The largest absolute Gasteiger partial charge is 0.358 e. The van der Waals surface area contributed by atoms with Crippen LogP contribution in [-0.4, -0.2) is 17.4 Å². The molecule has 2 aliphatic rings. The molecule has 0 aliphatic heterocycles. The Balaban J connectivity index is 1.74. The molecule has 2 aliphatic carbocycles. The van der Waals surface area contributed by atoms with E-state index in [0.29, 0.717) is 17.6 Å². The van der Waals surface area contributed by atoms with E-state index in [9.17, 15) is 0 Å². The van der Waals surface area contributed by atoms with Gasteiger partial charge in [-0.15, -0.1) is 0 Å². The third-order valence-electron chi connectivity index (χ3n) is 3.00. The topological polar surface area (TPSA) is 36.4 Å². The fourth-order valence-corrected chi connectivity index (χ4v) is 2.17. The minimum absolute atomic E-state index is 0.566. The summed E-state index contributed by atoms with van der Waals surface area (Å²) in [5.74, 6) is 1.37. The van der Waals surface area contributed by atoms with Gasteiger partial charge in [-0.1, -0.05) is 24.3 Å². The molecule has 16 heavy (non-hydrogen) atoms. The van der Waals surface area contributed by atoms with Crippen LogP contribution in [0.4, 0.5) is 0 Å². The van der Waals surface area contributed by atoms with Gasteiger partial charge in [0.15, 0.2) is 5.11 Å². The molecule has 0 bridgehead atoms. The van der Waals surface area contributed by atoms with Gasteiger partial charge < -0.3 is 5.32 Å². The van der Waals surface area contributed by atoms with Crippen LogP contribution in [0.2, 0.25) is 0 Å². The molecule has 86 valence electrons. The first-order valence-electron chi connectivity index (χ1n) is 5.58. The minimum Gasteiger partial charge on any atom is -0.358 e. The van der Waals surface area contributed by atoms with Gasteiger partial charge in [0.2, 0.25) is 0 Å². The maximum atomic E-state index is 5.09. The van der Waals surface area contributed by atoms with Crippen LogP contribution < -0.4 is 10.7 Å². The van der Waals surface area contributed by atoms with Gasteiger partial charge in [-0.25, -0.2) is 0 Å². The van der Waals surface area contributed by atoms with Crippen LogP contribution in [0.25, 0.3) is 0 Å². The average Bonchev–Trinajstić information content (AvgIpc) is 2.57. The Morgan fingerprint density at radius 1 is 1.69 bits per heavy atom. The number of hydrazone groups is 1. The van der Waals surface area contributed by atoms with E-state index >= 15 is 0 Å². The highest BCUT2D eigenvalue weighted by Crippen LogP contribution is 2.39. The molecule has 1 saturated carbocycles. The highest BCUT2D eigenvalue weighted by atomic mass is 32.1. The first kappa shape index (κ1) is 11.3. The molecule has 0 aromatic rings. The van der Waals surface area contributed by atoms with E-state index in [2.05, 4.69) is 34.6 Å². The summed E-state index contributed by atoms with van der Waals surface area (Å²) in [5, 5.41) is 7.94. The number of rotatable bonds is 3. The second-order valence-electron chi connectivity index (χ2n) is 4.51. The third-order valence-corrected chi connectivity index (χ3v) is 3.23. The van der Waals surface area contributed by atoms with Crippen molar-refractivity contribution in [2.24, 2.45) is 16.9 Å². The fraction of sp³-hybridized carbons (Fsp3) is 0.500. The molecular weight excluding hydrogens is 218 g/mol. The van der Waals surface area contributed by atoms with E-state index < -0.39 is 0 Å². The number of nitrogens with one attached hydrogen (secondary N) is 2. The van der Waals surface area contributed by atoms with Gasteiger partial charge in [-0.2, -0.15) is 5.10 Å². The maximum absolute atomic E-state index is 5.09. The fourth-order valence-electron chi connectivity index (χ4n) is 2.05. The Kier molecular flexibility index (Phi) is 3.39. The smallest absolute Gasteiger partial charge is 0.187 e. The molecule has 0 radical (unpaired) electrons. The van der Waals surface area contributed by atoms with Crippen LogP contribution in [0.1, 0.15) is 19.8 Å². The maximum Gasteiger partial charge on any atom is 0.187 e. The van der Waals surface area contributed by atoms with Crippen molar-refractivity contribution in [2.75, 3.05) is 6.54 Å². The molecule has 0 heterocycles. The third kappa shape index (κ3) is 2.50. The van der Waals surface area contributed by atoms with Crippen LogP contribution in [0, 0.1) is 11.8 Å². The average molecular weight is 235 g/mol. The molecule has 2 unspecified atom stereocenters. The van der Waals surface area contributed by atoms with Gasteiger partial charge in [0, 0.05) is 18.2 Å². The van der Waals surface area contributed by atoms with Crippen molar-refractivity contribution < 1.29 is 0 Å². The highest BCUT2D eigenvalue weighted by Gasteiger charge is 2.37. The molecule has 2 rings (SSSR count). The van der Waals surface area contributed by atoms with Crippen LogP contribution in [0.5, 0.6) is 0 Å². The normalized spacial score (nSPS) is 28.4. The Labute approximate surface area is 102 Å². The van der Waals surface area contributed by atoms with E-state index in [1.54, 1.807) is 0 Å². The van der Waals surface area contributed by atoms with Crippen LogP contribution in [0.15, 0.2) is 29.4 Å². The lowest BCUT2D eigenvalue weighted by atomic mass is 9.74. The lowest BCUT2D eigenvalue weighted by molar-refractivity contribution is 0.444. The summed E-state index contributed by atoms with van der Waals surface area (Å²) in [7, 11) is 0. The Hall–Kier alpha value is -1.16. The number of nitrogens with zero attached hydrogens (tertiary/aromatic N) is 1. The first-order valence-corrected chi connectivity index (χ1v) is 5.99. The summed E-state index contributed by atoms with van der Waals surface area (Å²) in [6.07, 6.45) is 6.81. The zero-order chi connectivity index (χ0) is 11.5. The first-order chi connectivity index (χ1) is 7.66. The van der Waals surface area contributed by atoms with Gasteiger partial charge in [0.25, 0.3) is 0 Å². The van der Waals surface area contributed by atoms with E-state index in [-0.39, 0.29) is 0 Å². The highest BCUT2D eigenvalue weighted by molar-refractivity contribution is 7.80. The van der Waals surface area contributed by atoms with Crippen molar-refractivity contribution >= 4 is 23.0 Å². The van der Waals surface area contributed by atoms with Gasteiger partial charge in [-0.05, 0) is 37.9 Å². The number of fused-ring (bicyclic) bond motifs is 1. The van der Waals surface area contributed by atoms with E-state index in [1.165, 1.54) is 12.1 Å². The minimum atomic E-state index is 0.566. The monoisotopic (exact) mass is 235 g/mol. The molecule has 3 nitrogen and oxygen atoms in total. The van der Waals surface area contributed by atoms with Crippen LogP contribution in [0.3, 0.4) is 0 Å². The summed E-state index contributed by atoms with van der Waals surface area (Å²) >= 11 is 5.09. The molecule has 0 aromatic carbocycles. The van der Waals surface area contributed by atoms with E-state index in [4.69, 9.17) is 12.2 Å².